The van der Waals surface area contributed by atoms with E-state index in [-0.39, 0.29) is 53.8 Å². The van der Waals surface area contributed by atoms with Crippen molar-refractivity contribution in [1.29, 1.82) is 0 Å². The van der Waals surface area contributed by atoms with Crippen molar-refractivity contribution in [3.8, 4) is 0 Å². The van der Waals surface area contributed by atoms with Crippen molar-refractivity contribution in [3.63, 3.8) is 0 Å². The van der Waals surface area contributed by atoms with Crippen molar-refractivity contribution in [3.05, 3.63) is 0 Å². The predicted molar refractivity (Wildman–Crippen MR) is 93.0 cm³/mol. The third-order valence-corrected chi connectivity index (χ3v) is 5.33. The highest BCUT2D eigenvalue weighted by Gasteiger charge is 2.32. The van der Waals surface area contributed by atoms with E-state index in [9.17, 15) is 19.2 Å². The van der Waals surface area contributed by atoms with Crippen molar-refractivity contribution in [1.82, 2.24) is 15.1 Å². The number of likely N-dealkylation sites (tertiary alicyclic amines) is 1. The lowest BCUT2D eigenvalue weighted by atomic mass is 9.97. The number of amides is 3. The molecule has 0 aromatic carbocycles. The maximum absolute atomic E-state index is 12.3. The first-order valence-electron chi connectivity index (χ1n) is 8.59. The summed E-state index contributed by atoms with van der Waals surface area (Å²) in [6, 6.07) is -0.378. The number of hydrogen-bond donors (Lipinski definition) is 1. The number of piperidine rings is 1. The minimum absolute atomic E-state index is 0.170. The van der Waals surface area contributed by atoms with Gasteiger partial charge >= 0.3 is 5.97 Å². The normalized spacial score (nSPS) is 22.8. The highest BCUT2D eigenvalue weighted by Crippen LogP contribution is 2.20. The van der Waals surface area contributed by atoms with Crippen molar-refractivity contribution in [2.75, 3.05) is 38.5 Å². The van der Waals surface area contributed by atoms with Gasteiger partial charge in [0.1, 0.15) is 0 Å². The Labute approximate surface area is 151 Å². The fourth-order valence-electron chi connectivity index (χ4n) is 3.01. The standard InChI is InChI=1S/C16H25N3O5S/c1-3-24-15(22)12-5-4-7-18(9-12)11(2)14(21)17-6-8-19-13(20)10-25-16(19)23/h11-12H,3-10H2,1-2H3,(H,17,21)/t11-,12+/m0/s1. The molecule has 2 aliphatic rings. The molecule has 140 valence electrons. The fourth-order valence-corrected chi connectivity index (χ4v) is 3.76. The summed E-state index contributed by atoms with van der Waals surface area (Å²) in [6.45, 7) is 5.62. The lowest BCUT2D eigenvalue weighted by Crippen LogP contribution is -2.51. The second-order valence-corrected chi connectivity index (χ2v) is 7.08. The monoisotopic (exact) mass is 371 g/mol. The molecule has 9 heteroatoms. The topological polar surface area (TPSA) is 96.0 Å². The van der Waals surface area contributed by atoms with Gasteiger partial charge in [0, 0.05) is 19.6 Å². The van der Waals surface area contributed by atoms with Gasteiger partial charge in [-0.25, -0.2) is 0 Å². The van der Waals surface area contributed by atoms with Crippen LogP contribution in [0.4, 0.5) is 4.79 Å². The quantitative estimate of drug-likeness (QED) is 0.650. The zero-order valence-electron chi connectivity index (χ0n) is 14.7. The number of rotatable bonds is 7. The first-order valence-corrected chi connectivity index (χ1v) is 9.58. The average Bonchev–Trinajstić information content (AvgIpc) is 2.93. The molecule has 2 rings (SSSR count). The van der Waals surface area contributed by atoms with Gasteiger partial charge in [0.2, 0.25) is 11.8 Å². The lowest BCUT2D eigenvalue weighted by molar-refractivity contribution is -0.151. The second kappa shape index (κ2) is 9.19. The molecule has 0 spiro atoms. The Balaban J connectivity index is 1.78. The van der Waals surface area contributed by atoms with Gasteiger partial charge in [-0.05, 0) is 33.2 Å². The Morgan fingerprint density at radius 2 is 2.16 bits per heavy atom. The van der Waals surface area contributed by atoms with Gasteiger partial charge in [-0.15, -0.1) is 0 Å². The van der Waals surface area contributed by atoms with Crippen LogP contribution in [0.5, 0.6) is 0 Å². The zero-order chi connectivity index (χ0) is 18.4. The number of thioether (sulfide) groups is 1. The van der Waals surface area contributed by atoms with E-state index in [0.717, 1.165) is 36.0 Å². The molecule has 0 aliphatic carbocycles. The van der Waals surface area contributed by atoms with Crippen LogP contribution in [0.25, 0.3) is 0 Å². The first kappa shape index (κ1) is 19.7. The molecule has 2 fully saturated rings. The van der Waals surface area contributed by atoms with Crippen LogP contribution in [0.2, 0.25) is 0 Å². The molecule has 0 radical (unpaired) electrons. The molecule has 25 heavy (non-hydrogen) atoms. The molecule has 0 aromatic heterocycles. The van der Waals surface area contributed by atoms with Crippen molar-refractivity contribution in [2.24, 2.45) is 5.92 Å². The van der Waals surface area contributed by atoms with Crippen LogP contribution in [0, 0.1) is 5.92 Å². The van der Waals surface area contributed by atoms with Gasteiger partial charge in [0.15, 0.2) is 0 Å². The van der Waals surface area contributed by atoms with E-state index < -0.39 is 0 Å². The molecule has 0 unspecified atom stereocenters. The molecule has 2 heterocycles. The van der Waals surface area contributed by atoms with E-state index in [0.29, 0.717) is 13.2 Å². The van der Waals surface area contributed by atoms with Crippen LogP contribution in [0.3, 0.4) is 0 Å². The molecule has 2 saturated heterocycles. The summed E-state index contributed by atoms with van der Waals surface area (Å²) < 4.78 is 5.07. The van der Waals surface area contributed by atoms with Crippen LogP contribution < -0.4 is 5.32 Å². The Morgan fingerprint density at radius 3 is 2.80 bits per heavy atom. The highest BCUT2D eigenvalue weighted by molar-refractivity contribution is 8.14. The second-order valence-electron chi connectivity index (χ2n) is 6.15. The summed E-state index contributed by atoms with van der Waals surface area (Å²) in [5.41, 5.74) is 0. The molecule has 1 N–H and O–H groups in total. The van der Waals surface area contributed by atoms with Crippen molar-refractivity contribution < 1.29 is 23.9 Å². The van der Waals surface area contributed by atoms with Crippen molar-refractivity contribution >= 4 is 34.8 Å². The SMILES string of the molecule is CCOC(=O)[C@@H]1CCCN([C@@H](C)C(=O)NCCN2C(=O)CSC2=O)C1. The summed E-state index contributed by atoms with van der Waals surface area (Å²) in [7, 11) is 0. The number of hydrogen-bond acceptors (Lipinski definition) is 7. The Morgan fingerprint density at radius 1 is 1.40 bits per heavy atom. The van der Waals surface area contributed by atoms with E-state index in [1.54, 1.807) is 13.8 Å². The number of ether oxygens (including phenoxy) is 1. The van der Waals surface area contributed by atoms with Gasteiger partial charge < -0.3 is 10.1 Å². The van der Waals surface area contributed by atoms with E-state index >= 15 is 0 Å². The van der Waals surface area contributed by atoms with Gasteiger partial charge in [0.05, 0.1) is 24.3 Å². The third-order valence-electron chi connectivity index (χ3n) is 4.48. The van der Waals surface area contributed by atoms with Gasteiger partial charge in [0.25, 0.3) is 5.24 Å². The van der Waals surface area contributed by atoms with Crippen LogP contribution in [-0.4, -0.2) is 77.4 Å². The maximum atomic E-state index is 12.3. The first-order chi connectivity index (χ1) is 11.9. The Hall–Kier alpha value is -1.61. The number of imide groups is 1. The summed E-state index contributed by atoms with van der Waals surface area (Å²) >= 11 is 0.981. The van der Waals surface area contributed by atoms with Crippen LogP contribution in [0.15, 0.2) is 0 Å². The minimum Gasteiger partial charge on any atom is -0.466 e. The molecule has 0 bridgehead atoms. The molecular weight excluding hydrogens is 346 g/mol. The minimum atomic E-state index is -0.378. The van der Waals surface area contributed by atoms with Gasteiger partial charge in [-0.3, -0.25) is 29.0 Å². The molecule has 3 amide bonds. The molecular formula is C16H25N3O5S. The maximum Gasteiger partial charge on any atom is 0.310 e. The zero-order valence-corrected chi connectivity index (χ0v) is 15.5. The summed E-state index contributed by atoms with van der Waals surface area (Å²) in [5.74, 6) is -0.613. The largest absolute Gasteiger partial charge is 0.466 e. The number of carbonyl (C=O) groups is 4. The highest BCUT2D eigenvalue weighted by atomic mass is 32.2. The molecule has 0 saturated carbocycles. The van der Waals surface area contributed by atoms with E-state index in [4.69, 9.17) is 4.74 Å². The molecule has 2 aliphatic heterocycles. The predicted octanol–water partition coefficient (Wildman–Crippen LogP) is 0.462. The molecule has 2 atom stereocenters. The summed E-state index contributed by atoms with van der Waals surface area (Å²) in [5, 5.41) is 2.50. The smallest absolute Gasteiger partial charge is 0.310 e. The van der Waals surface area contributed by atoms with E-state index in [1.807, 2.05) is 4.90 Å². The number of carbonyl (C=O) groups excluding carboxylic acids is 4. The van der Waals surface area contributed by atoms with Crippen LogP contribution >= 0.6 is 11.8 Å². The Kier molecular flexibility index (Phi) is 7.24. The van der Waals surface area contributed by atoms with Gasteiger partial charge in [-0.2, -0.15) is 0 Å². The number of nitrogens with one attached hydrogen (secondary N) is 1. The van der Waals surface area contributed by atoms with Crippen LogP contribution in [-0.2, 0) is 19.1 Å². The molecule has 0 aromatic rings. The number of nitrogens with zero attached hydrogens (tertiary/aromatic N) is 2. The summed E-state index contributed by atoms with van der Waals surface area (Å²) in [6.07, 6.45) is 1.62. The summed E-state index contributed by atoms with van der Waals surface area (Å²) in [4.78, 5) is 50.4. The van der Waals surface area contributed by atoms with Crippen LogP contribution in [0.1, 0.15) is 26.7 Å². The van der Waals surface area contributed by atoms with E-state index in [1.165, 1.54) is 0 Å². The fraction of sp³-hybridized carbons (Fsp3) is 0.750. The third kappa shape index (κ3) is 5.18. The lowest BCUT2D eigenvalue weighted by Gasteiger charge is -2.35. The average molecular weight is 371 g/mol. The number of esters is 1. The van der Waals surface area contributed by atoms with Crippen molar-refractivity contribution in [2.45, 2.75) is 32.7 Å². The van der Waals surface area contributed by atoms with Gasteiger partial charge in [-0.1, -0.05) is 11.8 Å². The Bertz CT molecular complexity index is 526. The van der Waals surface area contributed by atoms with E-state index in [2.05, 4.69) is 5.32 Å². The molecule has 8 nitrogen and oxygen atoms in total.